The second-order valence-electron chi connectivity index (χ2n) is 10.7. The molecule has 2 fully saturated rings. The van der Waals surface area contributed by atoms with Crippen molar-refractivity contribution in [3.8, 4) is 5.75 Å². The molecule has 0 radical (unpaired) electrons. The molecule has 4 rings (SSSR count). The van der Waals surface area contributed by atoms with Crippen LogP contribution in [-0.2, 0) is 11.3 Å². The largest absolute Gasteiger partial charge is 0.490 e. The fourth-order valence-electron chi connectivity index (χ4n) is 4.97. The standard InChI is InChI=1S/C28H39N3O2/c1-28(2,3)27(32)30-26(24-13-8-9-17-29-24)21-15-18-31(19-16-21)20-22-10-4-7-14-25(22)33-23-11-5-6-12-23/h4,7-10,13-14,17,21,23,26H,5-6,11-12,15-16,18-20H2,1-3H3,(H,30,32)/t26-/m1/s1. The molecule has 1 aliphatic heterocycles. The lowest BCUT2D eigenvalue weighted by Crippen LogP contribution is -2.44. The molecular formula is C28H39N3O2. The van der Waals surface area contributed by atoms with Crippen LogP contribution in [0.4, 0.5) is 0 Å². The number of para-hydroxylation sites is 1. The Hall–Kier alpha value is -2.40. The molecule has 1 atom stereocenters. The van der Waals surface area contributed by atoms with E-state index in [1.165, 1.54) is 31.2 Å². The molecule has 1 saturated carbocycles. The molecule has 1 amide bonds. The highest BCUT2D eigenvalue weighted by Crippen LogP contribution is 2.33. The third-order valence-electron chi connectivity index (χ3n) is 7.04. The number of rotatable bonds is 7. The molecule has 0 unspecified atom stereocenters. The number of aromatic nitrogens is 1. The summed E-state index contributed by atoms with van der Waals surface area (Å²) in [4.78, 5) is 19.9. The van der Waals surface area contributed by atoms with Gasteiger partial charge in [0.05, 0.1) is 17.8 Å². The number of pyridine rings is 1. The zero-order valence-electron chi connectivity index (χ0n) is 20.4. The Labute approximate surface area is 198 Å². The van der Waals surface area contributed by atoms with Crippen molar-refractivity contribution >= 4 is 5.91 Å². The minimum atomic E-state index is -0.420. The van der Waals surface area contributed by atoms with Crippen molar-refractivity contribution in [2.75, 3.05) is 13.1 Å². The second kappa shape index (κ2) is 10.7. The number of ether oxygens (including phenoxy) is 1. The van der Waals surface area contributed by atoms with Crippen LogP contribution in [0.5, 0.6) is 5.75 Å². The van der Waals surface area contributed by atoms with Crippen molar-refractivity contribution in [2.45, 2.75) is 78.0 Å². The number of nitrogens with one attached hydrogen (secondary N) is 1. The van der Waals surface area contributed by atoms with Gasteiger partial charge >= 0.3 is 0 Å². The normalized spacial score (nSPS) is 19.4. The van der Waals surface area contributed by atoms with E-state index in [4.69, 9.17) is 4.74 Å². The number of carbonyl (C=O) groups excluding carboxylic acids is 1. The van der Waals surface area contributed by atoms with Crippen molar-refractivity contribution in [3.63, 3.8) is 0 Å². The number of carbonyl (C=O) groups is 1. The average molecular weight is 450 g/mol. The van der Waals surface area contributed by atoms with Crippen LogP contribution in [0.1, 0.15) is 76.6 Å². The molecule has 2 heterocycles. The zero-order valence-corrected chi connectivity index (χ0v) is 20.4. The van der Waals surface area contributed by atoms with Crippen LogP contribution in [0, 0.1) is 11.3 Å². The Morgan fingerprint density at radius 1 is 1.06 bits per heavy atom. The quantitative estimate of drug-likeness (QED) is 0.605. The molecule has 1 aromatic heterocycles. The van der Waals surface area contributed by atoms with Gasteiger partial charge in [-0.3, -0.25) is 14.7 Å². The molecule has 0 bridgehead atoms. The fraction of sp³-hybridized carbons (Fsp3) is 0.571. The van der Waals surface area contributed by atoms with Crippen LogP contribution >= 0.6 is 0 Å². The summed E-state index contributed by atoms with van der Waals surface area (Å²) in [6.45, 7) is 8.83. The Morgan fingerprint density at radius 2 is 1.76 bits per heavy atom. The summed E-state index contributed by atoms with van der Waals surface area (Å²) in [6, 6.07) is 14.5. The summed E-state index contributed by atoms with van der Waals surface area (Å²) in [5.74, 6) is 1.52. The number of hydrogen-bond donors (Lipinski definition) is 1. The summed E-state index contributed by atoms with van der Waals surface area (Å²) in [7, 11) is 0. The van der Waals surface area contributed by atoms with Gasteiger partial charge in [-0.2, -0.15) is 0 Å². The molecular weight excluding hydrogens is 410 g/mol. The topological polar surface area (TPSA) is 54.5 Å². The van der Waals surface area contributed by atoms with Gasteiger partial charge in [-0.05, 0) is 75.7 Å². The van der Waals surface area contributed by atoms with Crippen LogP contribution in [-0.4, -0.2) is 35.0 Å². The SMILES string of the molecule is CC(C)(C)C(=O)N[C@@H](c1ccccn1)C1CCN(Cc2ccccc2OC2CCCC2)CC1. The van der Waals surface area contributed by atoms with Gasteiger partial charge in [0, 0.05) is 23.7 Å². The van der Waals surface area contributed by atoms with E-state index in [2.05, 4.69) is 39.5 Å². The van der Waals surface area contributed by atoms with E-state index in [1.54, 1.807) is 0 Å². The van der Waals surface area contributed by atoms with Gasteiger partial charge in [-0.1, -0.05) is 45.0 Å². The van der Waals surface area contributed by atoms with Gasteiger partial charge in [0.1, 0.15) is 5.75 Å². The molecule has 5 heteroatoms. The minimum Gasteiger partial charge on any atom is -0.490 e. The molecule has 178 valence electrons. The Morgan fingerprint density at radius 3 is 2.42 bits per heavy atom. The summed E-state index contributed by atoms with van der Waals surface area (Å²) in [6.07, 6.45) is 9.19. The van der Waals surface area contributed by atoms with Crippen molar-refractivity contribution in [1.82, 2.24) is 15.2 Å². The maximum absolute atomic E-state index is 12.8. The monoisotopic (exact) mass is 449 g/mol. The summed E-state index contributed by atoms with van der Waals surface area (Å²) in [5, 5.41) is 3.32. The van der Waals surface area contributed by atoms with E-state index in [0.29, 0.717) is 12.0 Å². The predicted octanol–water partition coefficient (Wildman–Crippen LogP) is 5.52. The van der Waals surface area contributed by atoms with E-state index in [1.807, 2.05) is 45.2 Å². The van der Waals surface area contributed by atoms with Gasteiger partial charge in [0.25, 0.3) is 0 Å². The average Bonchev–Trinajstić information content (AvgIpc) is 3.32. The third-order valence-corrected chi connectivity index (χ3v) is 7.04. The van der Waals surface area contributed by atoms with Gasteiger partial charge in [0.2, 0.25) is 5.91 Å². The Bertz CT molecular complexity index is 895. The highest BCUT2D eigenvalue weighted by atomic mass is 16.5. The van der Waals surface area contributed by atoms with E-state index in [0.717, 1.165) is 43.9 Å². The van der Waals surface area contributed by atoms with Gasteiger partial charge < -0.3 is 10.1 Å². The van der Waals surface area contributed by atoms with Gasteiger partial charge in [-0.25, -0.2) is 0 Å². The molecule has 1 N–H and O–H groups in total. The zero-order chi connectivity index (χ0) is 23.3. The maximum atomic E-state index is 12.8. The number of benzene rings is 1. The van der Waals surface area contributed by atoms with Crippen LogP contribution < -0.4 is 10.1 Å². The first-order valence-corrected chi connectivity index (χ1v) is 12.6. The number of amides is 1. The first kappa shape index (κ1) is 23.7. The van der Waals surface area contributed by atoms with Crippen molar-refractivity contribution in [2.24, 2.45) is 11.3 Å². The lowest BCUT2D eigenvalue weighted by atomic mass is 9.85. The lowest BCUT2D eigenvalue weighted by molar-refractivity contribution is -0.129. The highest BCUT2D eigenvalue weighted by Gasteiger charge is 2.32. The van der Waals surface area contributed by atoms with Crippen LogP contribution in [0.2, 0.25) is 0 Å². The molecule has 2 aliphatic rings. The Kier molecular flexibility index (Phi) is 7.69. The molecule has 1 aliphatic carbocycles. The smallest absolute Gasteiger partial charge is 0.225 e. The number of likely N-dealkylation sites (tertiary alicyclic amines) is 1. The first-order valence-electron chi connectivity index (χ1n) is 12.6. The molecule has 5 nitrogen and oxygen atoms in total. The number of piperidine rings is 1. The molecule has 0 spiro atoms. The molecule has 1 aromatic carbocycles. The molecule has 33 heavy (non-hydrogen) atoms. The number of nitrogens with zero attached hydrogens (tertiary/aromatic N) is 2. The Balaban J connectivity index is 1.39. The minimum absolute atomic E-state index is 0.0435. The summed E-state index contributed by atoms with van der Waals surface area (Å²) < 4.78 is 6.36. The summed E-state index contributed by atoms with van der Waals surface area (Å²) >= 11 is 0. The molecule has 1 saturated heterocycles. The van der Waals surface area contributed by atoms with E-state index < -0.39 is 5.41 Å². The van der Waals surface area contributed by atoms with E-state index in [-0.39, 0.29) is 11.9 Å². The highest BCUT2D eigenvalue weighted by molar-refractivity contribution is 5.81. The second-order valence-corrected chi connectivity index (χ2v) is 10.7. The fourth-order valence-corrected chi connectivity index (χ4v) is 4.97. The van der Waals surface area contributed by atoms with Crippen molar-refractivity contribution in [1.29, 1.82) is 0 Å². The predicted molar refractivity (Wildman–Crippen MR) is 132 cm³/mol. The van der Waals surface area contributed by atoms with E-state index in [9.17, 15) is 4.79 Å². The summed E-state index contributed by atoms with van der Waals surface area (Å²) in [5.41, 5.74) is 1.82. The van der Waals surface area contributed by atoms with Crippen LogP contribution in [0.3, 0.4) is 0 Å². The van der Waals surface area contributed by atoms with Crippen molar-refractivity contribution in [3.05, 3.63) is 59.9 Å². The van der Waals surface area contributed by atoms with Gasteiger partial charge in [-0.15, -0.1) is 0 Å². The number of hydrogen-bond acceptors (Lipinski definition) is 4. The van der Waals surface area contributed by atoms with Crippen LogP contribution in [0.15, 0.2) is 48.7 Å². The lowest BCUT2D eigenvalue weighted by Gasteiger charge is -2.37. The van der Waals surface area contributed by atoms with E-state index >= 15 is 0 Å². The maximum Gasteiger partial charge on any atom is 0.225 e. The first-order chi connectivity index (χ1) is 15.9. The van der Waals surface area contributed by atoms with Crippen molar-refractivity contribution < 1.29 is 9.53 Å². The van der Waals surface area contributed by atoms with Crippen LogP contribution in [0.25, 0.3) is 0 Å². The third kappa shape index (κ3) is 6.35. The molecule has 2 aromatic rings. The van der Waals surface area contributed by atoms with Gasteiger partial charge in [0.15, 0.2) is 0 Å².